The Labute approximate surface area is 94.4 Å². The molecule has 0 unspecified atom stereocenters. The van der Waals surface area contributed by atoms with Gasteiger partial charge in [-0.05, 0) is 30.7 Å². The number of ether oxygens (including phenoxy) is 1. The maximum Gasteiger partial charge on any atom is 0.321 e. The molecule has 1 aromatic carbocycles. The van der Waals surface area contributed by atoms with Gasteiger partial charge in [0.2, 0.25) is 0 Å². The van der Waals surface area contributed by atoms with Gasteiger partial charge in [-0.1, -0.05) is 24.3 Å². The van der Waals surface area contributed by atoms with Gasteiger partial charge in [0.1, 0.15) is 5.75 Å². The van der Waals surface area contributed by atoms with Gasteiger partial charge >= 0.3 is 6.01 Å². The van der Waals surface area contributed by atoms with Crippen molar-refractivity contribution in [1.82, 2.24) is 9.97 Å². The van der Waals surface area contributed by atoms with E-state index in [-0.39, 0.29) is 0 Å². The maximum atomic E-state index is 5.47. The summed E-state index contributed by atoms with van der Waals surface area (Å²) < 4.78 is 5.47. The van der Waals surface area contributed by atoms with Gasteiger partial charge in [-0.25, -0.2) is 9.97 Å². The molecule has 0 bridgehead atoms. The van der Waals surface area contributed by atoms with Crippen LogP contribution in [0.25, 0.3) is 6.08 Å². The lowest BCUT2D eigenvalue weighted by Crippen LogP contribution is -1.89. The number of rotatable bonds is 3. The SMILES string of the molecule is C/C=C/c1ccc(Oc2ncccn2)cc1. The quantitative estimate of drug-likeness (QED) is 0.783. The minimum atomic E-state index is 0.362. The van der Waals surface area contributed by atoms with Gasteiger partial charge in [-0.15, -0.1) is 0 Å². The van der Waals surface area contributed by atoms with Crippen molar-refractivity contribution >= 4 is 6.08 Å². The Hall–Kier alpha value is -2.16. The third-order valence-electron chi connectivity index (χ3n) is 1.99. The molecule has 3 heteroatoms. The van der Waals surface area contributed by atoms with Crippen LogP contribution in [0, 0.1) is 0 Å². The van der Waals surface area contributed by atoms with Gasteiger partial charge < -0.3 is 4.74 Å². The highest BCUT2D eigenvalue weighted by Gasteiger charge is 1.97. The van der Waals surface area contributed by atoms with Crippen LogP contribution in [0.3, 0.4) is 0 Å². The zero-order chi connectivity index (χ0) is 11.2. The van der Waals surface area contributed by atoms with Crippen LogP contribution in [0.4, 0.5) is 0 Å². The second kappa shape index (κ2) is 5.07. The second-order valence-electron chi connectivity index (χ2n) is 3.20. The van der Waals surface area contributed by atoms with E-state index in [9.17, 15) is 0 Å². The maximum absolute atomic E-state index is 5.47. The predicted octanol–water partition coefficient (Wildman–Crippen LogP) is 3.30. The first kappa shape index (κ1) is 10.4. The third kappa shape index (κ3) is 2.67. The highest BCUT2D eigenvalue weighted by atomic mass is 16.5. The van der Waals surface area contributed by atoms with Crippen molar-refractivity contribution in [2.45, 2.75) is 6.92 Å². The van der Waals surface area contributed by atoms with Crippen molar-refractivity contribution in [2.75, 3.05) is 0 Å². The van der Waals surface area contributed by atoms with Crippen LogP contribution >= 0.6 is 0 Å². The lowest BCUT2D eigenvalue weighted by molar-refractivity contribution is 0.442. The standard InChI is InChI=1S/C13H12N2O/c1-2-4-11-5-7-12(8-6-11)16-13-14-9-3-10-15-13/h2-10H,1H3/b4-2+. The van der Waals surface area contributed by atoms with Crippen LogP contribution in [0.1, 0.15) is 12.5 Å². The molecule has 0 saturated heterocycles. The number of hydrogen-bond donors (Lipinski definition) is 0. The van der Waals surface area contributed by atoms with Crippen LogP contribution < -0.4 is 4.74 Å². The fraction of sp³-hybridized carbons (Fsp3) is 0.0769. The molecule has 0 saturated carbocycles. The summed E-state index contributed by atoms with van der Waals surface area (Å²) in [6, 6.07) is 9.87. The molecule has 1 aromatic heterocycles. The van der Waals surface area contributed by atoms with Crippen molar-refractivity contribution in [3.05, 3.63) is 54.4 Å². The molecule has 0 aliphatic heterocycles. The van der Waals surface area contributed by atoms with E-state index in [1.165, 1.54) is 0 Å². The van der Waals surface area contributed by atoms with Gasteiger partial charge in [-0.3, -0.25) is 0 Å². The van der Waals surface area contributed by atoms with Crippen molar-refractivity contribution in [3.63, 3.8) is 0 Å². The third-order valence-corrected chi connectivity index (χ3v) is 1.99. The second-order valence-corrected chi connectivity index (χ2v) is 3.20. The Morgan fingerprint density at radius 1 is 1.06 bits per heavy atom. The first-order valence-electron chi connectivity index (χ1n) is 5.06. The van der Waals surface area contributed by atoms with E-state index in [4.69, 9.17) is 4.74 Å². The molecular weight excluding hydrogens is 200 g/mol. The lowest BCUT2D eigenvalue weighted by Gasteiger charge is -2.02. The summed E-state index contributed by atoms with van der Waals surface area (Å²) in [5, 5.41) is 0. The first-order chi connectivity index (χ1) is 7.88. The zero-order valence-corrected chi connectivity index (χ0v) is 9.00. The van der Waals surface area contributed by atoms with Crippen LogP contribution in [0.5, 0.6) is 11.8 Å². The number of aromatic nitrogens is 2. The molecule has 2 aromatic rings. The summed E-state index contributed by atoms with van der Waals surface area (Å²) >= 11 is 0. The highest BCUT2D eigenvalue weighted by Crippen LogP contribution is 2.17. The van der Waals surface area contributed by atoms with Crippen molar-refractivity contribution < 1.29 is 4.74 Å². The van der Waals surface area contributed by atoms with Crippen LogP contribution in [-0.2, 0) is 0 Å². The van der Waals surface area contributed by atoms with Gasteiger partial charge in [0.05, 0.1) is 0 Å². The molecule has 0 radical (unpaired) electrons. The molecule has 16 heavy (non-hydrogen) atoms. The van der Waals surface area contributed by atoms with Gasteiger partial charge in [0.15, 0.2) is 0 Å². The van der Waals surface area contributed by atoms with E-state index in [1.807, 2.05) is 43.3 Å². The average Bonchev–Trinajstić information content (AvgIpc) is 2.33. The Bertz CT molecular complexity index is 463. The van der Waals surface area contributed by atoms with Crippen molar-refractivity contribution in [2.24, 2.45) is 0 Å². The summed E-state index contributed by atoms with van der Waals surface area (Å²) in [6.07, 6.45) is 7.33. The molecule has 80 valence electrons. The number of nitrogens with zero attached hydrogens (tertiary/aromatic N) is 2. The summed E-state index contributed by atoms with van der Waals surface area (Å²) in [5.74, 6) is 0.736. The fourth-order valence-electron chi connectivity index (χ4n) is 1.28. The Kier molecular flexibility index (Phi) is 3.28. The predicted molar refractivity (Wildman–Crippen MR) is 63.3 cm³/mol. The Morgan fingerprint density at radius 2 is 1.75 bits per heavy atom. The smallest absolute Gasteiger partial charge is 0.321 e. The van der Waals surface area contributed by atoms with E-state index in [0.717, 1.165) is 11.3 Å². The van der Waals surface area contributed by atoms with Gasteiger partial charge in [0.25, 0.3) is 0 Å². The van der Waals surface area contributed by atoms with Gasteiger partial charge in [0, 0.05) is 12.4 Å². The van der Waals surface area contributed by atoms with Crippen LogP contribution in [0.2, 0.25) is 0 Å². The average molecular weight is 212 g/mol. The van der Waals surface area contributed by atoms with E-state index < -0.39 is 0 Å². The minimum absolute atomic E-state index is 0.362. The molecule has 0 fully saturated rings. The molecule has 0 spiro atoms. The molecular formula is C13H12N2O. The molecule has 0 N–H and O–H groups in total. The van der Waals surface area contributed by atoms with E-state index in [0.29, 0.717) is 6.01 Å². The summed E-state index contributed by atoms with van der Waals surface area (Å²) in [7, 11) is 0. The van der Waals surface area contributed by atoms with Gasteiger partial charge in [-0.2, -0.15) is 0 Å². The molecule has 1 heterocycles. The number of allylic oxidation sites excluding steroid dienone is 1. The van der Waals surface area contributed by atoms with Crippen molar-refractivity contribution in [3.8, 4) is 11.8 Å². The largest absolute Gasteiger partial charge is 0.424 e. The fourth-order valence-corrected chi connectivity index (χ4v) is 1.28. The Balaban J connectivity index is 2.11. The van der Waals surface area contributed by atoms with E-state index >= 15 is 0 Å². The molecule has 0 atom stereocenters. The molecule has 0 aliphatic rings. The minimum Gasteiger partial charge on any atom is -0.424 e. The topological polar surface area (TPSA) is 35.0 Å². The normalized spacial score (nSPS) is 10.6. The summed E-state index contributed by atoms with van der Waals surface area (Å²) in [4.78, 5) is 7.97. The first-order valence-corrected chi connectivity index (χ1v) is 5.06. The van der Waals surface area contributed by atoms with E-state index in [1.54, 1.807) is 18.5 Å². The number of benzene rings is 1. The zero-order valence-electron chi connectivity index (χ0n) is 9.00. The highest BCUT2D eigenvalue weighted by molar-refractivity contribution is 5.50. The van der Waals surface area contributed by atoms with Crippen LogP contribution in [-0.4, -0.2) is 9.97 Å². The Morgan fingerprint density at radius 3 is 2.38 bits per heavy atom. The van der Waals surface area contributed by atoms with Crippen molar-refractivity contribution in [1.29, 1.82) is 0 Å². The molecule has 0 aliphatic carbocycles. The van der Waals surface area contributed by atoms with Crippen LogP contribution in [0.15, 0.2) is 48.8 Å². The monoisotopic (exact) mass is 212 g/mol. The summed E-state index contributed by atoms with van der Waals surface area (Å²) in [5.41, 5.74) is 1.14. The molecule has 3 nitrogen and oxygen atoms in total. The lowest BCUT2D eigenvalue weighted by atomic mass is 10.2. The molecule has 2 rings (SSSR count). The molecule has 0 amide bonds. The summed E-state index contributed by atoms with van der Waals surface area (Å²) in [6.45, 7) is 1.99. The number of hydrogen-bond acceptors (Lipinski definition) is 3. The van der Waals surface area contributed by atoms with E-state index in [2.05, 4.69) is 9.97 Å².